The van der Waals surface area contributed by atoms with Crippen LogP contribution in [0.4, 0.5) is 0 Å². The van der Waals surface area contributed by atoms with Gasteiger partial charge < -0.3 is 0 Å². The molecule has 0 amide bonds. The summed E-state index contributed by atoms with van der Waals surface area (Å²) in [6, 6.07) is 0. The molecule has 0 aromatic rings. The number of fused-ring (bicyclic) bond motifs is 2. The van der Waals surface area contributed by atoms with E-state index in [1.165, 1.54) is 25.7 Å². The fraction of sp³-hybridized carbons (Fsp3) is 1.00. The summed E-state index contributed by atoms with van der Waals surface area (Å²) in [5.41, 5.74) is 0. The predicted octanol–water partition coefficient (Wildman–Crippen LogP) is 2.79. The Bertz CT molecular complexity index is 167. The largest absolute Gasteiger partial charge is 0.176 e. The molecule has 0 aromatic heterocycles. The van der Waals surface area contributed by atoms with Gasteiger partial charge in [0.15, 0.2) is 0 Å². The summed E-state index contributed by atoms with van der Waals surface area (Å²) in [6.07, 6.45) is 5.41. The first-order chi connectivity index (χ1) is 5.11. The third kappa shape index (κ3) is 1.33. The Hall–Kier alpha value is 0.700. The van der Waals surface area contributed by atoms with Gasteiger partial charge in [-0.05, 0) is 37.5 Å². The van der Waals surface area contributed by atoms with Crippen LogP contribution < -0.4 is 0 Å². The zero-order chi connectivity index (χ0) is 8.06. The van der Waals surface area contributed by atoms with Crippen molar-refractivity contribution in [2.45, 2.75) is 42.6 Å². The summed E-state index contributed by atoms with van der Waals surface area (Å²) in [5.74, 6) is 1.80. The average molecular weight is 188 g/mol. The van der Waals surface area contributed by atoms with Gasteiger partial charge in [0.2, 0.25) is 0 Å². The van der Waals surface area contributed by atoms with Crippen molar-refractivity contribution in [3.8, 4) is 0 Å². The SMILES string of the molecule is CC(S)C1CC2(S)CCC1C2. The normalized spacial score (nSPS) is 51.5. The first-order valence-electron chi connectivity index (χ1n) is 4.51. The Morgan fingerprint density at radius 1 is 1.45 bits per heavy atom. The molecule has 0 spiro atoms. The molecule has 64 valence electrons. The molecule has 0 N–H and O–H groups in total. The molecule has 4 unspecified atom stereocenters. The van der Waals surface area contributed by atoms with Crippen LogP contribution in [0.5, 0.6) is 0 Å². The number of hydrogen-bond donors (Lipinski definition) is 2. The van der Waals surface area contributed by atoms with Crippen LogP contribution >= 0.6 is 25.3 Å². The van der Waals surface area contributed by atoms with E-state index in [-0.39, 0.29) is 0 Å². The fourth-order valence-electron chi connectivity index (χ4n) is 2.87. The van der Waals surface area contributed by atoms with E-state index in [9.17, 15) is 0 Å². The zero-order valence-corrected chi connectivity index (χ0v) is 8.74. The zero-order valence-electron chi connectivity index (χ0n) is 6.95. The molecule has 2 bridgehead atoms. The predicted molar refractivity (Wildman–Crippen MR) is 55.6 cm³/mol. The van der Waals surface area contributed by atoms with Crippen LogP contribution in [-0.4, -0.2) is 10.00 Å². The van der Waals surface area contributed by atoms with Gasteiger partial charge in [-0.2, -0.15) is 25.3 Å². The van der Waals surface area contributed by atoms with Crippen LogP contribution in [-0.2, 0) is 0 Å². The van der Waals surface area contributed by atoms with E-state index in [0.29, 0.717) is 10.00 Å². The molecule has 2 fully saturated rings. The van der Waals surface area contributed by atoms with Crippen LogP contribution in [0.3, 0.4) is 0 Å². The molecule has 0 aromatic carbocycles. The minimum Gasteiger partial charge on any atom is -0.176 e. The molecule has 0 saturated heterocycles. The molecular formula is C9H16S2. The Kier molecular flexibility index (Phi) is 1.96. The number of rotatable bonds is 1. The van der Waals surface area contributed by atoms with Crippen LogP contribution in [0.15, 0.2) is 0 Å². The van der Waals surface area contributed by atoms with E-state index in [1.807, 2.05) is 0 Å². The van der Waals surface area contributed by atoms with E-state index in [1.54, 1.807) is 0 Å². The smallest absolute Gasteiger partial charge is 0.0136 e. The van der Waals surface area contributed by atoms with E-state index >= 15 is 0 Å². The Balaban J connectivity index is 2.10. The molecule has 11 heavy (non-hydrogen) atoms. The van der Waals surface area contributed by atoms with Crippen molar-refractivity contribution in [3.63, 3.8) is 0 Å². The van der Waals surface area contributed by atoms with Gasteiger partial charge in [-0.1, -0.05) is 6.92 Å². The summed E-state index contributed by atoms with van der Waals surface area (Å²) in [7, 11) is 0. The lowest BCUT2D eigenvalue weighted by Gasteiger charge is -2.27. The van der Waals surface area contributed by atoms with Crippen molar-refractivity contribution in [2.75, 3.05) is 0 Å². The Morgan fingerprint density at radius 2 is 2.18 bits per heavy atom. The molecule has 2 aliphatic rings. The van der Waals surface area contributed by atoms with Gasteiger partial charge in [0.05, 0.1) is 0 Å². The van der Waals surface area contributed by atoms with Crippen molar-refractivity contribution >= 4 is 25.3 Å². The minimum absolute atomic E-state index is 0.409. The molecular weight excluding hydrogens is 172 g/mol. The third-order valence-corrected chi connectivity index (χ3v) is 4.44. The molecule has 2 heteroatoms. The lowest BCUT2D eigenvalue weighted by molar-refractivity contribution is 0.342. The summed E-state index contributed by atoms with van der Waals surface area (Å²) in [4.78, 5) is 0. The van der Waals surface area contributed by atoms with Crippen LogP contribution in [0.1, 0.15) is 32.6 Å². The van der Waals surface area contributed by atoms with Crippen molar-refractivity contribution in [1.82, 2.24) is 0 Å². The topological polar surface area (TPSA) is 0 Å². The van der Waals surface area contributed by atoms with Crippen molar-refractivity contribution in [3.05, 3.63) is 0 Å². The average Bonchev–Trinajstić information content (AvgIpc) is 2.41. The molecule has 0 aliphatic heterocycles. The maximum absolute atomic E-state index is 4.74. The summed E-state index contributed by atoms with van der Waals surface area (Å²) >= 11 is 9.27. The highest BCUT2D eigenvalue weighted by Gasteiger charge is 2.49. The van der Waals surface area contributed by atoms with Crippen molar-refractivity contribution in [1.29, 1.82) is 0 Å². The maximum atomic E-state index is 4.74. The third-order valence-electron chi connectivity index (χ3n) is 3.46. The summed E-state index contributed by atoms with van der Waals surface area (Å²) < 4.78 is 0.409. The van der Waals surface area contributed by atoms with Crippen LogP contribution in [0.25, 0.3) is 0 Å². The van der Waals surface area contributed by atoms with Gasteiger partial charge in [0, 0.05) is 10.00 Å². The van der Waals surface area contributed by atoms with Gasteiger partial charge in [-0.15, -0.1) is 0 Å². The first kappa shape index (κ1) is 8.31. The molecule has 2 aliphatic carbocycles. The molecule has 0 nitrogen and oxygen atoms in total. The summed E-state index contributed by atoms with van der Waals surface area (Å²) in [5, 5.41) is 0.578. The monoisotopic (exact) mass is 188 g/mol. The van der Waals surface area contributed by atoms with Crippen LogP contribution in [0.2, 0.25) is 0 Å². The Morgan fingerprint density at radius 3 is 2.45 bits per heavy atom. The molecule has 2 saturated carbocycles. The van der Waals surface area contributed by atoms with E-state index in [4.69, 9.17) is 12.6 Å². The van der Waals surface area contributed by atoms with Gasteiger partial charge in [0.1, 0.15) is 0 Å². The van der Waals surface area contributed by atoms with Crippen molar-refractivity contribution in [2.24, 2.45) is 11.8 Å². The minimum atomic E-state index is 0.409. The highest BCUT2D eigenvalue weighted by Crippen LogP contribution is 2.56. The summed E-state index contributed by atoms with van der Waals surface area (Å²) in [6.45, 7) is 2.23. The molecule has 0 radical (unpaired) electrons. The fourth-order valence-corrected chi connectivity index (χ4v) is 3.79. The maximum Gasteiger partial charge on any atom is 0.0136 e. The second-order valence-corrected chi connectivity index (χ2v) is 6.10. The van der Waals surface area contributed by atoms with Gasteiger partial charge >= 0.3 is 0 Å². The number of hydrogen-bond acceptors (Lipinski definition) is 2. The quantitative estimate of drug-likeness (QED) is 0.581. The standard InChI is InChI=1S/C9H16S2/c1-6(10)8-5-9(11)3-2-7(8)4-9/h6-8,10-11H,2-5H2,1H3. The van der Waals surface area contributed by atoms with Crippen molar-refractivity contribution < 1.29 is 0 Å². The highest BCUT2D eigenvalue weighted by atomic mass is 32.1. The lowest BCUT2D eigenvalue weighted by atomic mass is 9.86. The van der Waals surface area contributed by atoms with Gasteiger partial charge in [-0.3, -0.25) is 0 Å². The van der Waals surface area contributed by atoms with E-state index in [2.05, 4.69) is 19.6 Å². The van der Waals surface area contributed by atoms with Gasteiger partial charge in [0.25, 0.3) is 0 Å². The lowest BCUT2D eigenvalue weighted by Crippen LogP contribution is -2.23. The molecule has 0 heterocycles. The first-order valence-corrected chi connectivity index (χ1v) is 5.47. The Labute approximate surface area is 80.0 Å². The second-order valence-electron chi connectivity index (χ2n) is 4.34. The van der Waals surface area contributed by atoms with Crippen LogP contribution in [0, 0.1) is 11.8 Å². The highest BCUT2D eigenvalue weighted by molar-refractivity contribution is 7.82. The number of thiol groups is 2. The molecule has 4 atom stereocenters. The second kappa shape index (κ2) is 2.59. The van der Waals surface area contributed by atoms with E-state index in [0.717, 1.165) is 11.8 Å². The molecule has 2 rings (SSSR count). The van der Waals surface area contributed by atoms with E-state index < -0.39 is 0 Å². The van der Waals surface area contributed by atoms with Gasteiger partial charge in [-0.25, -0.2) is 0 Å².